The summed E-state index contributed by atoms with van der Waals surface area (Å²) < 4.78 is 38.4. The minimum Gasteiger partial charge on any atom is -0.458 e. The maximum Gasteiger partial charge on any atom is 0.408 e. The minimum atomic E-state index is -1.62. The number of esters is 1. The van der Waals surface area contributed by atoms with E-state index < -0.39 is 95.7 Å². The Hall–Kier alpha value is -4.35. The van der Waals surface area contributed by atoms with E-state index in [2.05, 4.69) is 16.0 Å². The molecule has 0 saturated carbocycles. The van der Waals surface area contributed by atoms with Crippen molar-refractivity contribution >= 4 is 46.3 Å². The first-order chi connectivity index (χ1) is 29.3. The lowest BCUT2D eigenvalue weighted by Gasteiger charge is -2.48. The lowest BCUT2D eigenvalue weighted by molar-refractivity contribution is -0.299. The summed E-state index contributed by atoms with van der Waals surface area (Å²) in [5, 5.41) is 22.2. The van der Waals surface area contributed by atoms with Crippen LogP contribution in [0.15, 0.2) is 42.5 Å². The number of hydrogen-bond acceptors (Lipinski definition) is 13. The number of ether oxygens (including phenoxy) is 6. The highest BCUT2D eigenvalue weighted by molar-refractivity contribution is 6.02. The fraction of sp³-hybridized carbons (Fsp3) is 0.674. The van der Waals surface area contributed by atoms with Crippen molar-refractivity contribution in [3.63, 3.8) is 0 Å². The smallest absolute Gasteiger partial charge is 0.408 e. The van der Waals surface area contributed by atoms with Gasteiger partial charge in [-0.3, -0.25) is 14.4 Å². The van der Waals surface area contributed by atoms with Crippen molar-refractivity contribution in [2.45, 2.75) is 141 Å². The van der Waals surface area contributed by atoms with Crippen molar-refractivity contribution in [2.24, 2.45) is 29.6 Å². The Morgan fingerprint density at radius 1 is 0.968 bits per heavy atom. The maximum atomic E-state index is 14.5. The Labute approximate surface area is 364 Å². The van der Waals surface area contributed by atoms with Crippen LogP contribution in [0.5, 0.6) is 0 Å². The number of ketones is 1. The maximum absolute atomic E-state index is 14.5. The minimum absolute atomic E-state index is 0.0314. The van der Waals surface area contributed by atoms with E-state index in [9.17, 15) is 29.1 Å². The van der Waals surface area contributed by atoms with Crippen LogP contribution in [-0.2, 0) is 42.8 Å². The largest absolute Gasteiger partial charge is 0.458 e. The van der Waals surface area contributed by atoms with Crippen LogP contribution in [0.3, 0.4) is 0 Å². The number of likely N-dealkylation sites (N-methyl/N-ethyl adjacent to an activating group) is 1. The van der Waals surface area contributed by atoms with Gasteiger partial charge in [-0.15, -0.1) is 0 Å². The number of cyclic esters (lactones) is 1. The first kappa shape index (κ1) is 47.1. The van der Waals surface area contributed by atoms with Gasteiger partial charge in [0.2, 0.25) is 5.91 Å². The molecule has 2 aromatic carbocycles. The number of carbonyl (C=O) groups is 5. The van der Waals surface area contributed by atoms with E-state index in [4.69, 9.17) is 28.4 Å². The molecule has 4 N–H and O–H groups in total. The molecule has 0 aliphatic carbocycles. The number of anilines is 1. The van der Waals surface area contributed by atoms with E-state index >= 15 is 0 Å². The molecule has 62 heavy (non-hydrogen) atoms. The highest BCUT2D eigenvalue weighted by Gasteiger charge is 2.58. The quantitative estimate of drug-likeness (QED) is 0.210. The molecule has 0 aromatic heterocycles. The fourth-order valence-corrected chi connectivity index (χ4v) is 10.2. The van der Waals surface area contributed by atoms with Crippen molar-refractivity contribution < 1.29 is 57.5 Å². The van der Waals surface area contributed by atoms with Crippen LogP contribution in [0.25, 0.3) is 10.8 Å². The summed E-state index contributed by atoms with van der Waals surface area (Å²) in [4.78, 5) is 71.7. The van der Waals surface area contributed by atoms with Crippen LogP contribution >= 0.6 is 0 Å². The first-order valence-corrected chi connectivity index (χ1v) is 22.0. The molecule has 3 amide bonds. The van der Waals surface area contributed by atoms with Gasteiger partial charge in [0.05, 0.1) is 30.8 Å². The highest BCUT2D eigenvalue weighted by Crippen LogP contribution is 2.42. The summed E-state index contributed by atoms with van der Waals surface area (Å²) in [5.74, 6) is -5.25. The van der Waals surface area contributed by atoms with Gasteiger partial charge in [0, 0.05) is 53.8 Å². The van der Waals surface area contributed by atoms with Gasteiger partial charge < -0.3 is 54.4 Å². The lowest BCUT2D eigenvalue weighted by Crippen LogP contribution is -2.61. The standard InChI is InChI=1S/C46H66N4O12/c1-11-34-46(8)39(49-44(56)62-46)26(4)36(52)24(2)21-45(7)40(60-42-37(53)33(50(9)10)19-25(3)58-42)27(5)38(28(6)41(54)59-34)57-23-29(22-47-43(55)61-45)20-35(51)48-32-18-14-16-30-15-12-13-17-31(30)32/h12-18,24-29,33-34,37-40,42,53H,11,19-23H2,1-10H3,(H,47,55)(H,48,51)(H,49,56)/t24-,25-,26+,27+,28-,29?,33+,34-,37-,38+,39+,40-,42+,45-,46-/m1/s1. The first-order valence-electron chi connectivity index (χ1n) is 22.0. The van der Waals surface area contributed by atoms with Gasteiger partial charge in [0.1, 0.15) is 29.7 Å². The molecule has 4 aliphatic heterocycles. The number of fused-ring (bicyclic) bond motifs is 5. The molecule has 2 bridgehead atoms. The molecular formula is C46H66N4O12. The predicted octanol–water partition coefficient (Wildman–Crippen LogP) is 5.19. The summed E-state index contributed by atoms with van der Waals surface area (Å²) in [6.07, 6.45) is -6.67. The zero-order valence-corrected chi connectivity index (χ0v) is 37.7. The second-order valence-electron chi connectivity index (χ2n) is 18.6. The van der Waals surface area contributed by atoms with Crippen LogP contribution in [0, 0.1) is 29.6 Å². The van der Waals surface area contributed by atoms with Gasteiger partial charge in [0.25, 0.3) is 0 Å². The summed E-state index contributed by atoms with van der Waals surface area (Å²) in [6.45, 7) is 13.8. The summed E-state index contributed by atoms with van der Waals surface area (Å²) in [5.41, 5.74) is -2.40. The number of nitrogens with zero attached hydrogens (tertiary/aromatic N) is 1. The van der Waals surface area contributed by atoms with E-state index in [1.165, 1.54) is 0 Å². The Bertz CT molecular complexity index is 1960. The van der Waals surface area contributed by atoms with Crippen molar-refractivity contribution in [1.82, 2.24) is 15.5 Å². The Morgan fingerprint density at radius 3 is 2.39 bits per heavy atom. The van der Waals surface area contributed by atoms with Gasteiger partial charge in [-0.25, -0.2) is 9.59 Å². The second-order valence-corrected chi connectivity index (χ2v) is 18.6. The molecule has 2 aromatic rings. The van der Waals surface area contributed by atoms with E-state index in [-0.39, 0.29) is 56.3 Å². The van der Waals surface area contributed by atoms with Crippen LogP contribution < -0.4 is 16.0 Å². The number of Topliss-reactive ketones (excluding diaryl/α,β-unsaturated/α-hetero) is 1. The topological polar surface area (TPSA) is 200 Å². The summed E-state index contributed by atoms with van der Waals surface area (Å²) in [6, 6.07) is 12.1. The Balaban J connectivity index is 1.42. The molecule has 6 rings (SSSR count). The van der Waals surface area contributed by atoms with Crippen LogP contribution in [0.1, 0.15) is 81.1 Å². The number of aliphatic hydroxyl groups excluding tert-OH is 1. The molecule has 0 spiro atoms. The Kier molecular flexibility index (Phi) is 14.6. The molecule has 15 atom stereocenters. The molecule has 16 nitrogen and oxygen atoms in total. The van der Waals surface area contributed by atoms with E-state index in [0.29, 0.717) is 12.1 Å². The number of benzene rings is 2. The number of carbonyl (C=O) groups excluding carboxylic acids is 5. The van der Waals surface area contributed by atoms with Crippen LogP contribution in [0.4, 0.5) is 15.3 Å². The number of nitrogens with one attached hydrogen (secondary N) is 3. The van der Waals surface area contributed by atoms with Gasteiger partial charge in [-0.05, 0) is 72.5 Å². The Morgan fingerprint density at radius 2 is 1.68 bits per heavy atom. The predicted molar refractivity (Wildman–Crippen MR) is 229 cm³/mol. The van der Waals surface area contributed by atoms with Crippen LogP contribution in [-0.4, -0.2) is 127 Å². The molecule has 4 fully saturated rings. The second kappa shape index (κ2) is 19.2. The average Bonchev–Trinajstić information content (AvgIpc) is 3.53. The zero-order valence-electron chi connectivity index (χ0n) is 37.7. The third kappa shape index (κ3) is 9.89. The van der Waals surface area contributed by atoms with Crippen molar-refractivity contribution in [3.05, 3.63) is 42.5 Å². The number of rotatable bonds is 7. The molecule has 4 aliphatic rings. The molecule has 1 unspecified atom stereocenters. The lowest BCUT2D eigenvalue weighted by atomic mass is 9.73. The SMILES string of the molecule is CC[C@H]1OC(=O)[C@H](C)[C@H]2OCC(CC(=O)Nc3cccc4ccccc34)CNC(=O)O[C@](C)(C[C@@H](C)C(=O)[C@H](C)[C@@H]3NC(=O)O[C@]13C)[C@H](O[C@@H]1O[C@H](C)C[C@H](N(C)C)[C@H]1O)[C@H]2C. The zero-order chi connectivity index (χ0) is 45.3. The number of alkyl carbamates (subject to hydrolysis) is 2. The molecule has 4 saturated heterocycles. The van der Waals surface area contributed by atoms with Gasteiger partial charge in [-0.2, -0.15) is 0 Å². The average molecular weight is 867 g/mol. The van der Waals surface area contributed by atoms with E-state index in [1.54, 1.807) is 41.5 Å². The normalized spacial score (nSPS) is 38.7. The number of hydrogen-bond donors (Lipinski definition) is 4. The summed E-state index contributed by atoms with van der Waals surface area (Å²) in [7, 11) is 3.72. The number of aliphatic hydroxyl groups is 1. The number of amides is 3. The molecule has 4 heterocycles. The van der Waals surface area contributed by atoms with E-state index in [1.807, 2.05) is 75.3 Å². The monoisotopic (exact) mass is 866 g/mol. The third-order valence-electron chi connectivity index (χ3n) is 13.6. The van der Waals surface area contributed by atoms with Gasteiger partial charge >= 0.3 is 18.2 Å². The van der Waals surface area contributed by atoms with Gasteiger partial charge in [0.15, 0.2) is 11.9 Å². The molecular weight excluding hydrogens is 801 g/mol. The summed E-state index contributed by atoms with van der Waals surface area (Å²) >= 11 is 0. The molecule has 16 heteroatoms. The van der Waals surface area contributed by atoms with Gasteiger partial charge in [-0.1, -0.05) is 64.1 Å². The van der Waals surface area contributed by atoms with Crippen LogP contribution in [0.2, 0.25) is 0 Å². The molecule has 0 radical (unpaired) electrons. The third-order valence-corrected chi connectivity index (χ3v) is 13.6. The van der Waals surface area contributed by atoms with Crippen molar-refractivity contribution in [2.75, 3.05) is 32.6 Å². The van der Waals surface area contributed by atoms with E-state index in [0.717, 1.165) is 10.8 Å². The van der Waals surface area contributed by atoms with Crippen molar-refractivity contribution in [1.29, 1.82) is 0 Å². The van der Waals surface area contributed by atoms with Crippen molar-refractivity contribution in [3.8, 4) is 0 Å². The fourth-order valence-electron chi connectivity index (χ4n) is 10.2. The highest BCUT2D eigenvalue weighted by atomic mass is 16.7. The molecule has 342 valence electrons.